The van der Waals surface area contributed by atoms with Gasteiger partial charge in [-0.05, 0) is 25.0 Å². The zero-order valence-electron chi connectivity index (χ0n) is 13.2. The molecule has 0 heterocycles. The van der Waals surface area contributed by atoms with E-state index >= 15 is 0 Å². The van der Waals surface area contributed by atoms with Gasteiger partial charge in [0, 0.05) is 19.5 Å². The zero-order valence-corrected chi connectivity index (χ0v) is 13.2. The minimum absolute atomic E-state index is 0.136. The van der Waals surface area contributed by atoms with Crippen molar-refractivity contribution in [3.05, 3.63) is 30.1 Å². The largest absolute Gasteiger partial charge is 0.490 e. The Morgan fingerprint density at radius 3 is 2.50 bits per heavy atom. The maximum absolute atomic E-state index is 13.4. The molecule has 0 spiro atoms. The number of nitrogens with zero attached hydrogens (tertiary/aromatic N) is 2. The second-order valence-electron chi connectivity index (χ2n) is 5.07. The molecule has 1 aromatic carbocycles. The molecule has 0 saturated heterocycles. The van der Waals surface area contributed by atoms with Crippen molar-refractivity contribution in [2.75, 3.05) is 19.7 Å². The first-order valence-electron chi connectivity index (χ1n) is 7.69. The van der Waals surface area contributed by atoms with Gasteiger partial charge in [-0.25, -0.2) is 4.39 Å². The molecule has 0 aliphatic heterocycles. The van der Waals surface area contributed by atoms with Gasteiger partial charge in [-0.1, -0.05) is 26.0 Å². The topological polar surface area (TPSA) is 53.3 Å². The number of rotatable bonds is 9. The van der Waals surface area contributed by atoms with Crippen LogP contribution in [0.4, 0.5) is 4.39 Å². The van der Waals surface area contributed by atoms with Crippen molar-refractivity contribution in [2.45, 2.75) is 33.1 Å². The smallest absolute Gasteiger partial charge is 0.240 e. The number of nitriles is 1. The molecule has 1 rings (SSSR count). The highest BCUT2D eigenvalue weighted by atomic mass is 19.1. The summed E-state index contributed by atoms with van der Waals surface area (Å²) in [6.45, 7) is 5.44. The standard InChI is InChI=1S/C17H23FN2O2/c1-3-10-20(11-4-2)17(21)14(13-19)9-12-22-16-8-6-5-7-15(16)18/h5-8,14H,3-4,9-12H2,1-2H3. The van der Waals surface area contributed by atoms with Crippen LogP contribution in [0.15, 0.2) is 24.3 Å². The summed E-state index contributed by atoms with van der Waals surface area (Å²) >= 11 is 0. The summed E-state index contributed by atoms with van der Waals surface area (Å²) in [4.78, 5) is 14.1. The summed E-state index contributed by atoms with van der Waals surface area (Å²) < 4.78 is 18.7. The predicted octanol–water partition coefficient (Wildman–Crippen LogP) is 3.38. The molecular weight excluding hydrogens is 283 g/mol. The van der Waals surface area contributed by atoms with E-state index in [4.69, 9.17) is 4.74 Å². The minimum atomic E-state index is -0.745. The van der Waals surface area contributed by atoms with Crippen molar-refractivity contribution in [3.63, 3.8) is 0 Å². The van der Waals surface area contributed by atoms with Gasteiger partial charge in [0.1, 0.15) is 5.92 Å². The van der Waals surface area contributed by atoms with Gasteiger partial charge in [-0.3, -0.25) is 4.79 Å². The third-order valence-electron chi connectivity index (χ3n) is 3.25. The van der Waals surface area contributed by atoms with Crippen molar-refractivity contribution >= 4 is 5.91 Å². The number of halogens is 1. The Kier molecular flexibility index (Phi) is 7.98. The van der Waals surface area contributed by atoms with Crippen LogP contribution in [0.2, 0.25) is 0 Å². The fourth-order valence-electron chi connectivity index (χ4n) is 2.18. The van der Waals surface area contributed by atoms with Crippen molar-refractivity contribution in [1.82, 2.24) is 4.90 Å². The van der Waals surface area contributed by atoms with E-state index in [-0.39, 0.29) is 24.7 Å². The Balaban J connectivity index is 2.55. The first-order valence-corrected chi connectivity index (χ1v) is 7.69. The van der Waals surface area contributed by atoms with Crippen LogP contribution in [0, 0.1) is 23.1 Å². The Hall–Kier alpha value is -2.09. The second kappa shape index (κ2) is 9.78. The number of ether oxygens (including phenoxy) is 1. The molecule has 0 N–H and O–H groups in total. The summed E-state index contributed by atoms with van der Waals surface area (Å²) in [7, 11) is 0. The minimum Gasteiger partial charge on any atom is -0.490 e. The molecule has 1 unspecified atom stereocenters. The highest BCUT2D eigenvalue weighted by Crippen LogP contribution is 2.17. The fraction of sp³-hybridized carbons (Fsp3) is 0.529. The molecule has 22 heavy (non-hydrogen) atoms. The lowest BCUT2D eigenvalue weighted by atomic mass is 10.1. The van der Waals surface area contributed by atoms with Gasteiger partial charge in [-0.15, -0.1) is 0 Å². The third-order valence-corrected chi connectivity index (χ3v) is 3.25. The van der Waals surface area contributed by atoms with E-state index in [2.05, 4.69) is 0 Å². The molecule has 0 aliphatic carbocycles. The van der Waals surface area contributed by atoms with Crippen LogP contribution in [0.3, 0.4) is 0 Å². The van der Waals surface area contributed by atoms with Crippen molar-refractivity contribution in [2.24, 2.45) is 5.92 Å². The Morgan fingerprint density at radius 2 is 1.95 bits per heavy atom. The number of carbonyl (C=O) groups is 1. The van der Waals surface area contributed by atoms with Crippen LogP contribution >= 0.6 is 0 Å². The molecule has 0 aliphatic rings. The molecule has 4 nitrogen and oxygen atoms in total. The molecule has 120 valence electrons. The monoisotopic (exact) mass is 306 g/mol. The highest BCUT2D eigenvalue weighted by Gasteiger charge is 2.23. The van der Waals surface area contributed by atoms with Gasteiger partial charge < -0.3 is 9.64 Å². The van der Waals surface area contributed by atoms with Crippen LogP contribution in [0.5, 0.6) is 5.75 Å². The maximum atomic E-state index is 13.4. The van der Waals surface area contributed by atoms with Crippen LogP contribution in [-0.4, -0.2) is 30.5 Å². The molecule has 0 saturated carbocycles. The van der Waals surface area contributed by atoms with Crippen molar-refractivity contribution in [3.8, 4) is 11.8 Å². The number of benzene rings is 1. The van der Waals surface area contributed by atoms with E-state index in [0.717, 1.165) is 12.8 Å². The lowest BCUT2D eigenvalue weighted by Crippen LogP contribution is -2.37. The summed E-state index contributed by atoms with van der Waals surface area (Å²) in [6.07, 6.45) is 1.97. The molecule has 1 aromatic rings. The Morgan fingerprint density at radius 1 is 1.32 bits per heavy atom. The van der Waals surface area contributed by atoms with Gasteiger partial charge >= 0.3 is 0 Å². The predicted molar refractivity (Wildman–Crippen MR) is 82.8 cm³/mol. The van der Waals surface area contributed by atoms with E-state index in [0.29, 0.717) is 13.1 Å². The highest BCUT2D eigenvalue weighted by molar-refractivity contribution is 5.81. The van der Waals surface area contributed by atoms with Crippen molar-refractivity contribution < 1.29 is 13.9 Å². The lowest BCUT2D eigenvalue weighted by Gasteiger charge is -2.23. The fourth-order valence-corrected chi connectivity index (χ4v) is 2.18. The van der Waals surface area contributed by atoms with Crippen LogP contribution in [0.1, 0.15) is 33.1 Å². The number of hydrogen-bond donors (Lipinski definition) is 0. The third kappa shape index (κ3) is 5.36. The molecule has 0 bridgehead atoms. The molecule has 5 heteroatoms. The average molecular weight is 306 g/mol. The van der Waals surface area contributed by atoms with E-state index in [1.165, 1.54) is 12.1 Å². The van der Waals surface area contributed by atoms with Crippen LogP contribution in [0.25, 0.3) is 0 Å². The summed E-state index contributed by atoms with van der Waals surface area (Å²) in [5.41, 5.74) is 0. The van der Waals surface area contributed by atoms with Crippen LogP contribution in [-0.2, 0) is 4.79 Å². The Bertz CT molecular complexity index is 508. The normalized spacial score (nSPS) is 11.5. The van der Waals surface area contributed by atoms with E-state index in [9.17, 15) is 14.4 Å². The van der Waals surface area contributed by atoms with E-state index < -0.39 is 11.7 Å². The summed E-state index contributed by atoms with van der Waals surface area (Å²) in [5.74, 6) is -1.21. The molecule has 1 atom stereocenters. The lowest BCUT2D eigenvalue weighted by molar-refractivity contribution is -0.134. The average Bonchev–Trinajstić information content (AvgIpc) is 2.52. The number of carbonyl (C=O) groups excluding carboxylic acids is 1. The second-order valence-corrected chi connectivity index (χ2v) is 5.07. The maximum Gasteiger partial charge on any atom is 0.240 e. The van der Waals surface area contributed by atoms with E-state index in [1.807, 2.05) is 19.9 Å². The summed E-state index contributed by atoms with van der Waals surface area (Å²) in [5, 5.41) is 9.21. The molecular formula is C17H23FN2O2. The molecule has 0 aromatic heterocycles. The van der Waals surface area contributed by atoms with Gasteiger partial charge in [0.25, 0.3) is 0 Å². The van der Waals surface area contributed by atoms with Gasteiger partial charge in [0.05, 0.1) is 12.7 Å². The van der Waals surface area contributed by atoms with Gasteiger partial charge in [0.2, 0.25) is 5.91 Å². The first-order chi connectivity index (χ1) is 10.6. The summed E-state index contributed by atoms with van der Waals surface area (Å²) in [6, 6.07) is 8.13. The molecule has 1 amide bonds. The first kappa shape index (κ1) is 18.0. The van der Waals surface area contributed by atoms with Crippen molar-refractivity contribution in [1.29, 1.82) is 5.26 Å². The molecule has 0 radical (unpaired) electrons. The van der Waals surface area contributed by atoms with E-state index in [1.54, 1.807) is 17.0 Å². The van der Waals surface area contributed by atoms with Crippen LogP contribution < -0.4 is 4.74 Å². The number of amides is 1. The quantitative estimate of drug-likeness (QED) is 0.703. The number of para-hydroxylation sites is 1. The Labute approximate surface area is 131 Å². The van der Waals surface area contributed by atoms with Gasteiger partial charge in [0.15, 0.2) is 11.6 Å². The SMILES string of the molecule is CCCN(CCC)C(=O)C(C#N)CCOc1ccccc1F. The van der Waals surface area contributed by atoms with Gasteiger partial charge in [-0.2, -0.15) is 5.26 Å². The zero-order chi connectivity index (χ0) is 16.4. The molecule has 0 fully saturated rings. The number of hydrogen-bond acceptors (Lipinski definition) is 3.